The number of alkyl halides is 1. The Morgan fingerprint density at radius 2 is 1.89 bits per heavy atom. The first-order valence-electron chi connectivity index (χ1n) is 5.78. The van der Waals surface area contributed by atoms with Gasteiger partial charge in [0.2, 0.25) is 0 Å². The van der Waals surface area contributed by atoms with Gasteiger partial charge in [0.05, 0.1) is 11.6 Å². The van der Waals surface area contributed by atoms with E-state index in [1.165, 1.54) is 5.56 Å². The highest BCUT2D eigenvalue weighted by Crippen LogP contribution is 2.09. The lowest BCUT2D eigenvalue weighted by Gasteiger charge is -2.17. The first kappa shape index (κ1) is 12.8. The van der Waals surface area contributed by atoms with E-state index < -0.39 is 0 Å². The van der Waals surface area contributed by atoms with E-state index in [2.05, 4.69) is 20.1 Å². The summed E-state index contributed by atoms with van der Waals surface area (Å²) in [6.45, 7) is 0.888. The quantitative estimate of drug-likeness (QED) is 0.776. The highest BCUT2D eigenvalue weighted by atomic mass is 35.5. The number of pyridine rings is 1. The normalized spacial score (nSPS) is 10.3. The lowest BCUT2D eigenvalue weighted by Crippen LogP contribution is -2.21. The van der Waals surface area contributed by atoms with Crippen molar-refractivity contribution in [2.24, 2.45) is 0 Å². The number of nitrogens with zero attached hydrogens (tertiary/aromatic N) is 4. The summed E-state index contributed by atoms with van der Waals surface area (Å²) in [5, 5.41) is 8.18. The van der Waals surface area contributed by atoms with Crippen molar-refractivity contribution in [3.63, 3.8) is 0 Å². The lowest BCUT2D eigenvalue weighted by molar-refractivity contribution is 0.831. The molecular weight excluding hydrogens is 248 g/mol. The molecule has 0 aliphatic rings. The van der Waals surface area contributed by atoms with Gasteiger partial charge in [0.25, 0.3) is 0 Å². The molecule has 2 aromatic heterocycles. The molecule has 0 fully saturated rings. The van der Waals surface area contributed by atoms with Crippen LogP contribution in [0.1, 0.15) is 11.3 Å². The van der Waals surface area contributed by atoms with Gasteiger partial charge in [0, 0.05) is 26.0 Å². The zero-order valence-corrected chi connectivity index (χ0v) is 11.0. The Bertz CT molecular complexity index is 472. The molecule has 0 spiro atoms. The van der Waals surface area contributed by atoms with Crippen LogP contribution in [-0.4, -0.2) is 28.8 Å². The van der Waals surface area contributed by atoms with Gasteiger partial charge in [-0.3, -0.25) is 4.98 Å². The van der Waals surface area contributed by atoms with Crippen LogP contribution in [-0.2, 0) is 12.3 Å². The average Bonchev–Trinajstić information content (AvgIpc) is 2.46. The van der Waals surface area contributed by atoms with E-state index in [1.54, 1.807) is 0 Å². The fourth-order valence-electron chi connectivity index (χ4n) is 1.59. The fraction of sp³-hybridized carbons (Fsp3) is 0.308. The molecule has 0 atom stereocenters. The summed E-state index contributed by atoms with van der Waals surface area (Å²) in [4.78, 5) is 6.08. The Hall–Kier alpha value is -1.68. The molecule has 5 heteroatoms. The van der Waals surface area contributed by atoms with Crippen LogP contribution in [0.3, 0.4) is 0 Å². The zero-order valence-electron chi connectivity index (χ0n) is 10.3. The van der Waals surface area contributed by atoms with Crippen LogP contribution in [0.15, 0.2) is 36.7 Å². The fourth-order valence-corrected chi connectivity index (χ4v) is 1.73. The molecule has 0 unspecified atom stereocenters. The molecule has 0 saturated heterocycles. The number of hydrogen-bond acceptors (Lipinski definition) is 4. The molecular formula is C13H15ClN4. The van der Waals surface area contributed by atoms with Crippen LogP contribution in [0.2, 0.25) is 0 Å². The van der Waals surface area contributed by atoms with Crippen LogP contribution < -0.4 is 4.90 Å². The van der Waals surface area contributed by atoms with Gasteiger partial charge >= 0.3 is 0 Å². The van der Waals surface area contributed by atoms with Crippen molar-refractivity contribution >= 4 is 17.4 Å². The Morgan fingerprint density at radius 1 is 1.11 bits per heavy atom. The van der Waals surface area contributed by atoms with Gasteiger partial charge in [-0.1, -0.05) is 0 Å². The topological polar surface area (TPSA) is 41.9 Å². The molecule has 0 N–H and O–H groups in total. The number of halogens is 1. The van der Waals surface area contributed by atoms with Crippen LogP contribution >= 0.6 is 11.6 Å². The van der Waals surface area contributed by atoms with E-state index >= 15 is 0 Å². The largest absolute Gasteiger partial charge is 0.358 e. The summed E-state index contributed by atoms with van der Waals surface area (Å²) in [5.74, 6) is 1.26. The number of aromatic nitrogens is 3. The van der Waals surface area contributed by atoms with Crippen molar-refractivity contribution in [1.29, 1.82) is 0 Å². The molecule has 94 valence electrons. The molecule has 2 rings (SSSR count). The van der Waals surface area contributed by atoms with Gasteiger partial charge in [-0.15, -0.1) is 16.7 Å². The first-order valence-corrected chi connectivity index (χ1v) is 6.31. The number of likely N-dealkylation sites (N-methyl/N-ethyl adjacent to an activating group) is 1. The summed E-state index contributed by atoms with van der Waals surface area (Å²) in [6, 6.07) is 7.89. The third-order valence-corrected chi connectivity index (χ3v) is 2.99. The zero-order chi connectivity index (χ0) is 12.8. The molecule has 18 heavy (non-hydrogen) atoms. The minimum atomic E-state index is 0.397. The van der Waals surface area contributed by atoms with Crippen molar-refractivity contribution in [3.05, 3.63) is 47.9 Å². The van der Waals surface area contributed by atoms with Gasteiger partial charge in [-0.2, -0.15) is 5.10 Å². The maximum absolute atomic E-state index is 5.68. The maximum atomic E-state index is 5.68. The maximum Gasteiger partial charge on any atom is 0.150 e. The van der Waals surface area contributed by atoms with E-state index in [0.717, 1.165) is 24.5 Å². The Kier molecular flexibility index (Phi) is 4.47. The van der Waals surface area contributed by atoms with E-state index in [-0.39, 0.29) is 0 Å². The van der Waals surface area contributed by atoms with E-state index in [1.807, 2.05) is 43.7 Å². The standard InChI is InChI=1S/C13H15ClN4/c1-18(9-6-11-4-7-15-8-5-11)13-3-2-12(10-14)16-17-13/h2-5,7-8H,6,9-10H2,1H3. The Morgan fingerprint density at radius 3 is 2.50 bits per heavy atom. The summed E-state index contributed by atoms with van der Waals surface area (Å²) >= 11 is 5.68. The monoisotopic (exact) mass is 262 g/mol. The number of rotatable bonds is 5. The summed E-state index contributed by atoms with van der Waals surface area (Å²) in [5.41, 5.74) is 2.06. The third kappa shape index (κ3) is 3.40. The Balaban J connectivity index is 1.93. The van der Waals surface area contributed by atoms with Crippen LogP contribution in [0, 0.1) is 0 Å². The van der Waals surface area contributed by atoms with Crippen molar-refractivity contribution in [2.75, 3.05) is 18.5 Å². The van der Waals surface area contributed by atoms with Gasteiger partial charge in [-0.05, 0) is 36.2 Å². The predicted octanol–water partition coefficient (Wildman–Crippen LogP) is 2.29. The molecule has 0 amide bonds. The summed E-state index contributed by atoms with van der Waals surface area (Å²) in [6.07, 6.45) is 4.58. The van der Waals surface area contributed by atoms with Gasteiger partial charge in [0.1, 0.15) is 0 Å². The van der Waals surface area contributed by atoms with Crippen molar-refractivity contribution in [1.82, 2.24) is 15.2 Å². The molecule has 0 aliphatic heterocycles. The molecule has 2 heterocycles. The van der Waals surface area contributed by atoms with Crippen LogP contribution in [0.4, 0.5) is 5.82 Å². The minimum Gasteiger partial charge on any atom is -0.358 e. The predicted molar refractivity (Wildman–Crippen MR) is 72.8 cm³/mol. The van der Waals surface area contributed by atoms with Crippen molar-refractivity contribution < 1.29 is 0 Å². The number of anilines is 1. The van der Waals surface area contributed by atoms with Crippen LogP contribution in [0.25, 0.3) is 0 Å². The van der Waals surface area contributed by atoms with E-state index in [9.17, 15) is 0 Å². The van der Waals surface area contributed by atoms with E-state index in [0.29, 0.717) is 5.88 Å². The summed E-state index contributed by atoms with van der Waals surface area (Å²) < 4.78 is 0. The van der Waals surface area contributed by atoms with Crippen molar-refractivity contribution in [2.45, 2.75) is 12.3 Å². The third-order valence-electron chi connectivity index (χ3n) is 2.72. The average molecular weight is 263 g/mol. The molecule has 0 saturated carbocycles. The molecule has 0 bridgehead atoms. The van der Waals surface area contributed by atoms with Gasteiger partial charge in [-0.25, -0.2) is 0 Å². The summed E-state index contributed by atoms with van der Waals surface area (Å²) in [7, 11) is 2.01. The molecule has 2 aromatic rings. The lowest BCUT2D eigenvalue weighted by atomic mass is 10.2. The molecule has 0 radical (unpaired) electrons. The molecule has 0 aliphatic carbocycles. The minimum absolute atomic E-state index is 0.397. The van der Waals surface area contributed by atoms with E-state index in [4.69, 9.17) is 11.6 Å². The molecule has 4 nitrogen and oxygen atoms in total. The smallest absolute Gasteiger partial charge is 0.150 e. The second-order valence-electron chi connectivity index (χ2n) is 4.04. The highest BCUT2D eigenvalue weighted by Gasteiger charge is 2.03. The highest BCUT2D eigenvalue weighted by molar-refractivity contribution is 6.16. The van der Waals surface area contributed by atoms with Gasteiger partial charge < -0.3 is 4.90 Å². The van der Waals surface area contributed by atoms with Gasteiger partial charge in [0.15, 0.2) is 5.82 Å². The second-order valence-corrected chi connectivity index (χ2v) is 4.31. The first-order chi connectivity index (χ1) is 8.79. The second kappa shape index (κ2) is 6.31. The van der Waals surface area contributed by atoms with Crippen LogP contribution in [0.5, 0.6) is 0 Å². The van der Waals surface area contributed by atoms with Crippen molar-refractivity contribution in [3.8, 4) is 0 Å². The Labute approximate surface area is 112 Å². The number of hydrogen-bond donors (Lipinski definition) is 0. The SMILES string of the molecule is CN(CCc1ccncc1)c1ccc(CCl)nn1. The molecule has 0 aromatic carbocycles.